The second-order valence-electron chi connectivity index (χ2n) is 5.22. The maximum absolute atomic E-state index is 12.0. The van der Waals surface area contributed by atoms with Crippen LogP contribution in [0.15, 0.2) is 6.20 Å². The van der Waals surface area contributed by atoms with Crippen molar-refractivity contribution in [2.45, 2.75) is 52.6 Å². The van der Waals surface area contributed by atoms with E-state index >= 15 is 0 Å². The number of nitrogens with one attached hydrogen (secondary N) is 1. The van der Waals surface area contributed by atoms with E-state index in [0.717, 1.165) is 24.3 Å². The monoisotopic (exact) mass is 284 g/mol. The van der Waals surface area contributed by atoms with Gasteiger partial charge in [0.15, 0.2) is 0 Å². The van der Waals surface area contributed by atoms with E-state index in [-0.39, 0.29) is 18.4 Å². The van der Waals surface area contributed by atoms with Crippen molar-refractivity contribution >= 4 is 17.2 Å². The van der Waals surface area contributed by atoms with Crippen molar-refractivity contribution < 1.29 is 9.90 Å². The second kappa shape index (κ2) is 7.01. The van der Waals surface area contributed by atoms with Crippen molar-refractivity contribution in [3.05, 3.63) is 16.1 Å². The molecule has 1 amide bonds. The molecule has 1 rings (SSSR count). The molecule has 0 fully saturated rings. The Morgan fingerprint density at radius 2 is 2.26 bits per heavy atom. The quantitative estimate of drug-likeness (QED) is 0.809. The average molecular weight is 284 g/mol. The van der Waals surface area contributed by atoms with Crippen LogP contribution >= 0.6 is 11.3 Å². The topological polar surface area (TPSA) is 62.2 Å². The van der Waals surface area contributed by atoms with Crippen molar-refractivity contribution in [3.63, 3.8) is 0 Å². The van der Waals surface area contributed by atoms with E-state index in [9.17, 15) is 9.90 Å². The standard InChI is InChI=1S/C14H24N2O2S/c1-5-7-12-15-8-11(19-12)13(17)16-9-14(4,18)10(3)6-2/h8,10,18H,5-7,9H2,1-4H3,(H,16,17). The van der Waals surface area contributed by atoms with E-state index in [4.69, 9.17) is 0 Å². The minimum Gasteiger partial charge on any atom is -0.388 e. The third-order valence-electron chi connectivity index (χ3n) is 3.52. The number of aromatic nitrogens is 1. The smallest absolute Gasteiger partial charge is 0.263 e. The number of thiazole rings is 1. The molecule has 1 aromatic heterocycles. The van der Waals surface area contributed by atoms with Crippen LogP contribution in [0.3, 0.4) is 0 Å². The zero-order valence-electron chi connectivity index (χ0n) is 12.2. The summed E-state index contributed by atoms with van der Waals surface area (Å²) < 4.78 is 0. The lowest BCUT2D eigenvalue weighted by molar-refractivity contribution is 0.00596. The predicted molar refractivity (Wildman–Crippen MR) is 78.5 cm³/mol. The largest absolute Gasteiger partial charge is 0.388 e. The molecule has 4 nitrogen and oxygen atoms in total. The predicted octanol–water partition coefficient (Wildman–Crippen LogP) is 2.62. The highest BCUT2D eigenvalue weighted by molar-refractivity contribution is 7.13. The first kappa shape index (κ1) is 16.1. The van der Waals surface area contributed by atoms with Gasteiger partial charge in [-0.25, -0.2) is 4.98 Å². The molecule has 0 radical (unpaired) electrons. The van der Waals surface area contributed by atoms with Gasteiger partial charge in [0, 0.05) is 6.54 Å². The van der Waals surface area contributed by atoms with Crippen molar-refractivity contribution in [2.75, 3.05) is 6.54 Å². The van der Waals surface area contributed by atoms with Gasteiger partial charge in [-0.1, -0.05) is 27.2 Å². The Morgan fingerprint density at radius 1 is 1.58 bits per heavy atom. The third-order valence-corrected chi connectivity index (χ3v) is 4.58. The van der Waals surface area contributed by atoms with Crippen LogP contribution in [-0.2, 0) is 6.42 Å². The lowest BCUT2D eigenvalue weighted by Crippen LogP contribution is -2.44. The SMILES string of the molecule is CCCc1ncc(C(=O)NCC(C)(O)C(C)CC)s1. The van der Waals surface area contributed by atoms with E-state index in [1.807, 2.05) is 13.8 Å². The molecule has 0 bridgehead atoms. The van der Waals surface area contributed by atoms with Crippen molar-refractivity contribution in [1.82, 2.24) is 10.3 Å². The maximum Gasteiger partial charge on any atom is 0.263 e. The lowest BCUT2D eigenvalue weighted by atomic mass is 9.89. The van der Waals surface area contributed by atoms with E-state index in [1.54, 1.807) is 13.1 Å². The number of rotatable bonds is 7. The Morgan fingerprint density at radius 3 is 2.84 bits per heavy atom. The molecule has 0 aliphatic rings. The number of hydrogen-bond donors (Lipinski definition) is 2. The summed E-state index contributed by atoms with van der Waals surface area (Å²) in [5.41, 5.74) is -0.874. The van der Waals surface area contributed by atoms with Gasteiger partial charge in [0.25, 0.3) is 5.91 Å². The lowest BCUT2D eigenvalue weighted by Gasteiger charge is -2.29. The number of aliphatic hydroxyl groups is 1. The molecular weight excluding hydrogens is 260 g/mol. The van der Waals surface area contributed by atoms with Gasteiger partial charge in [-0.3, -0.25) is 4.79 Å². The molecule has 2 unspecified atom stereocenters. The Labute approximate surface area is 119 Å². The van der Waals surface area contributed by atoms with Gasteiger partial charge in [-0.2, -0.15) is 0 Å². The summed E-state index contributed by atoms with van der Waals surface area (Å²) in [6, 6.07) is 0. The zero-order chi connectivity index (χ0) is 14.5. The molecular formula is C14H24N2O2S. The Hall–Kier alpha value is -0.940. The summed E-state index contributed by atoms with van der Waals surface area (Å²) in [4.78, 5) is 16.8. The third kappa shape index (κ3) is 4.58. The highest BCUT2D eigenvalue weighted by Gasteiger charge is 2.27. The van der Waals surface area contributed by atoms with Gasteiger partial charge in [-0.05, 0) is 25.7 Å². The number of amides is 1. The van der Waals surface area contributed by atoms with Crippen molar-refractivity contribution in [1.29, 1.82) is 0 Å². The first-order valence-corrected chi connectivity index (χ1v) is 7.67. The van der Waals surface area contributed by atoms with Crippen LogP contribution in [0, 0.1) is 5.92 Å². The molecule has 0 saturated carbocycles. The molecule has 1 heterocycles. The number of carbonyl (C=O) groups excluding carboxylic acids is 1. The normalized spacial score (nSPS) is 15.8. The van der Waals surface area contributed by atoms with Gasteiger partial charge >= 0.3 is 0 Å². The molecule has 0 aromatic carbocycles. The summed E-state index contributed by atoms with van der Waals surface area (Å²) >= 11 is 1.43. The van der Waals surface area contributed by atoms with E-state index in [1.165, 1.54) is 11.3 Å². The summed E-state index contributed by atoms with van der Waals surface area (Å²) in [6.45, 7) is 8.13. The maximum atomic E-state index is 12.0. The van der Waals surface area contributed by atoms with Gasteiger partial charge in [-0.15, -0.1) is 11.3 Å². The molecule has 5 heteroatoms. The number of hydrogen-bond acceptors (Lipinski definition) is 4. The molecule has 2 atom stereocenters. The summed E-state index contributed by atoms with van der Waals surface area (Å²) in [5.74, 6) is -0.00616. The molecule has 0 aliphatic carbocycles. The number of aryl methyl sites for hydroxylation is 1. The van der Waals surface area contributed by atoms with Crippen LogP contribution < -0.4 is 5.32 Å². The number of carbonyl (C=O) groups is 1. The zero-order valence-corrected chi connectivity index (χ0v) is 13.0. The Kier molecular flexibility index (Phi) is 5.94. The van der Waals surface area contributed by atoms with Gasteiger partial charge in [0.1, 0.15) is 4.88 Å². The Bertz CT molecular complexity index is 415. The minimum absolute atomic E-state index is 0.143. The van der Waals surface area contributed by atoms with Crippen molar-refractivity contribution in [3.8, 4) is 0 Å². The molecule has 0 spiro atoms. The van der Waals surface area contributed by atoms with E-state index < -0.39 is 5.60 Å². The first-order valence-electron chi connectivity index (χ1n) is 6.86. The van der Waals surface area contributed by atoms with Crippen LogP contribution in [0.1, 0.15) is 55.2 Å². The second-order valence-corrected chi connectivity index (χ2v) is 6.33. The van der Waals surface area contributed by atoms with Crippen molar-refractivity contribution in [2.24, 2.45) is 5.92 Å². The fourth-order valence-corrected chi connectivity index (χ4v) is 2.64. The highest BCUT2D eigenvalue weighted by Crippen LogP contribution is 2.19. The van der Waals surface area contributed by atoms with Gasteiger partial charge < -0.3 is 10.4 Å². The van der Waals surface area contributed by atoms with Crippen LogP contribution in [0.4, 0.5) is 0 Å². The summed E-state index contributed by atoms with van der Waals surface area (Å²) in [5, 5.41) is 14.0. The molecule has 108 valence electrons. The first-order chi connectivity index (χ1) is 8.90. The summed E-state index contributed by atoms with van der Waals surface area (Å²) in [7, 11) is 0. The average Bonchev–Trinajstić information content (AvgIpc) is 2.84. The van der Waals surface area contributed by atoms with Crippen LogP contribution in [0.25, 0.3) is 0 Å². The fraction of sp³-hybridized carbons (Fsp3) is 0.714. The fourth-order valence-electron chi connectivity index (χ4n) is 1.70. The van der Waals surface area contributed by atoms with Gasteiger partial charge in [0.05, 0.1) is 16.8 Å². The Balaban J connectivity index is 2.55. The van der Waals surface area contributed by atoms with E-state index in [2.05, 4.69) is 17.2 Å². The van der Waals surface area contributed by atoms with Crippen LogP contribution in [0.5, 0.6) is 0 Å². The molecule has 1 aromatic rings. The number of nitrogens with zero attached hydrogens (tertiary/aromatic N) is 1. The molecule has 0 aliphatic heterocycles. The molecule has 2 N–H and O–H groups in total. The molecule has 0 saturated heterocycles. The van der Waals surface area contributed by atoms with Crippen LogP contribution in [0.2, 0.25) is 0 Å². The van der Waals surface area contributed by atoms with Crippen LogP contribution in [-0.4, -0.2) is 28.1 Å². The van der Waals surface area contributed by atoms with Gasteiger partial charge in [0.2, 0.25) is 0 Å². The van der Waals surface area contributed by atoms with E-state index in [0.29, 0.717) is 4.88 Å². The molecule has 19 heavy (non-hydrogen) atoms. The highest BCUT2D eigenvalue weighted by atomic mass is 32.1. The minimum atomic E-state index is -0.874. The summed E-state index contributed by atoms with van der Waals surface area (Å²) in [6.07, 6.45) is 4.42.